The van der Waals surface area contributed by atoms with E-state index in [1.54, 1.807) is 0 Å². The zero-order valence-electron chi connectivity index (χ0n) is 28.7. The third-order valence-electron chi connectivity index (χ3n) is 10.7. The Bertz CT molecular complexity index is 3070. The molecule has 1 aliphatic heterocycles. The summed E-state index contributed by atoms with van der Waals surface area (Å²) in [6.07, 6.45) is -0.408. The molecule has 0 amide bonds. The Balaban J connectivity index is 1.03. The number of nitrogens with zero attached hydrogens (tertiary/aromatic N) is 3. The zero-order chi connectivity index (χ0) is 34.9. The van der Waals surface area contributed by atoms with E-state index in [2.05, 4.69) is 192 Å². The van der Waals surface area contributed by atoms with E-state index < -0.39 is 6.17 Å². The molecule has 0 bridgehead atoms. The normalized spacial score (nSPS) is 13.6. The molecule has 9 aromatic carbocycles. The number of fused-ring (bicyclic) bond motifs is 7. The number of nitrogens with one attached hydrogen (secondary N) is 1. The van der Waals surface area contributed by atoms with Crippen LogP contribution in [0.3, 0.4) is 0 Å². The summed E-state index contributed by atoms with van der Waals surface area (Å²) in [7, 11) is 0. The van der Waals surface area contributed by atoms with Gasteiger partial charge in [-0.3, -0.25) is 0 Å². The predicted molar refractivity (Wildman–Crippen MR) is 223 cm³/mol. The van der Waals surface area contributed by atoms with Crippen LogP contribution in [0, 0.1) is 0 Å². The number of benzene rings is 9. The summed E-state index contributed by atoms with van der Waals surface area (Å²) in [5.41, 5.74) is 6.67. The molecular weight excluding hydrogens is 645 g/mol. The molecule has 2 heterocycles. The van der Waals surface area contributed by atoms with E-state index in [1.807, 2.05) is 0 Å². The fourth-order valence-electron chi connectivity index (χ4n) is 8.05. The average Bonchev–Trinajstić information content (AvgIpc) is 3.55. The van der Waals surface area contributed by atoms with Gasteiger partial charge >= 0.3 is 0 Å². The van der Waals surface area contributed by atoms with Crippen molar-refractivity contribution < 1.29 is 0 Å². The first-order valence-corrected chi connectivity index (χ1v) is 18.1. The molecule has 11 rings (SSSR count). The third kappa shape index (κ3) is 4.99. The first-order valence-electron chi connectivity index (χ1n) is 18.1. The molecule has 0 saturated heterocycles. The zero-order valence-corrected chi connectivity index (χ0v) is 28.7. The maximum atomic E-state index is 5.24. The van der Waals surface area contributed by atoms with Gasteiger partial charge in [-0.15, -0.1) is 0 Å². The van der Waals surface area contributed by atoms with Gasteiger partial charge in [-0.2, -0.15) is 0 Å². The number of rotatable bonds is 4. The highest BCUT2D eigenvalue weighted by atomic mass is 15.2. The topological polar surface area (TPSA) is 41.7 Å². The minimum absolute atomic E-state index is 0.408. The highest BCUT2D eigenvalue weighted by Gasteiger charge is 2.22. The summed E-state index contributed by atoms with van der Waals surface area (Å²) in [6, 6.07) is 65.3. The van der Waals surface area contributed by atoms with E-state index in [9.17, 15) is 0 Å². The SMILES string of the molecule is c1ccc2cc(C3=NC(c4ccc5cc(-n6c7ccccc7c7cc8ccccc8cc76)ccc5c4)N=C(c4ccc5ccccc5c4)N3)ccc2c1. The number of aliphatic imine (C=N–C) groups is 2. The van der Waals surface area contributed by atoms with Crippen LogP contribution in [0.4, 0.5) is 0 Å². The van der Waals surface area contributed by atoms with Crippen molar-refractivity contribution in [3.05, 3.63) is 199 Å². The summed E-state index contributed by atoms with van der Waals surface area (Å²) < 4.78 is 2.40. The molecule has 0 spiro atoms. The fourth-order valence-corrected chi connectivity index (χ4v) is 8.05. The predicted octanol–water partition coefficient (Wildman–Crippen LogP) is 11.9. The number of amidine groups is 2. The Morgan fingerprint density at radius 2 is 0.887 bits per heavy atom. The lowest BCUT2D eigenvalue weighted by Crippen LogP contribution is -2.36. The van der Waals surface area contributed by atoms with Gasteiger partial charge in [0.1, 0.15) is 11.7 Å². The monoisotopic (exact) mass is 676 g/mol. The van der Waals surface area contributed by atoms with Crippen LogP contribution in [0.15, 0.2) is 192 Å². The van der Waals surface area contributed by atoms with E-state index in [0.717, 1.165) is 39.4 Å². The Morgan fingerprint density at radius 3 is 1.57 bits per heavy atom. The lowest BCUT2D eigenvalue weighted by molar-refractivity contribution is 0.757. The Labute approximate surface area is 306 Å². The maximum Gasteiger partial charge on any atom is 0.169 e. The lowest BCUT2D eigenvalue weighted by atomic mass is 10.0. The highest BCUT2D eigenvalue weighted by molar-refractivity contribution is 6.17. The molecule has 10 aromatic rings. The summed E-state index contributed by atoms with van der Waals surface area (Å²) >= 11 is 0. The highest BCUT2D eigenvalue weighted by Crippen LogP contribution is 2.36. The first kappa shape index (κ1) is 29.7. The van der Waals surface area contributed by atoms with Gasteiger partial charge < -0.3 is 9.88 Å². The number of hydrogen-bond donors (Lipinski definition) is 1. The van der Waals surface area contributed by atoms with Crippen LogP contribution in [0.2, 0.25) is 0 Å². The molecule has 1 aromatic heterocycles. The smallest absolute Gasteiger partial charge is 0.169 e. The Hall–Kier alpha value is -7.04. The molecule has 0 atom stereocenters. The standard InChI is InChI=1S/C49H32N4/c1-3-11-33-25-39(20-17-31(33)9-1)47-50-48(40-21-18-32-10-2-4-12-34(32)26-40)52-49(51-47)41-22-19-38-28-42(24-23-37(38)27-41)53-45-16-8-7-15-43(45)44-29-35-13-5-6-14-36(35)30-46(44)53/h1-30,49H,(H,50,51,52). The second kappa shape index (κ2) is 11.8. The molecule has 1 aliphatic rings. The molecular formula is C49H32N4. The van der Waals surface area contributed by atoms with Gasteiger partial charge in [-0.25, -0.2) is 9.98 Å². The van der Waals surface area contributed by atoms with Gasteiger partial charge in [0.15, 0.2) is 6.17 Å². The van der Waals surface area contributed by atoms with E-state index >= 15 is 0 Å². The minimum atomic E-state index is -0.408. The molecule has 53 heavy (non-hydrogen) atoms. The van der Waals surface area contributed by atoms with Gasteiger partial charge in [-0.05, 0) is 97.2 Å². The third-order valence-corrected chi connectivity index (χ3v) is 10.7. The molecule has 0 saturated carbocycles. The van der Waals surface area contributed by atoms with Gasteiger partial charge in [0.25, 0.3) is 0 Å². The van der Waals surface area contributed by atoms with Gasteiger partial charge in [0.2, 0.25) is 0 Å². The van der Waals surface area contributed by atoms with E-state index in [-0.39, 0.29) is 0 Å². The number of hydrogen-bond acceptors (Lipinski definition) is 3. The molecule has 4 nitrogen and oxygen atoms in total. The van der Waals surface area contributed by atoms with Crippen LogP contribution in [0.1, 0.15) is 22.9 Å². The van der Waals surface area contributed by atoms with Crippen molar-refractivity contribution in [2.75, 3.05) is 0 Å². The Morgan fingerprint density at radius 1 is 0.377 bits per heavy atom. The maximum absolute atomic E-state index is 5.24. The number of aromatic nitrogens is 1. The van der Waals surface area contributed by atoms with Crippen molar-refractivity contribution in [2.45, 2.75) is 6.17 Å². The molecule has 0 unspecified atom stereocenters. The van der Waals surface area contributed by atoms with Crippen LogP contribution in [0.25, 0.3) is 70.6 Å². The van der Waals surface area contributed by atoms with Crippen molar-refractivity contribution in [3.8, 4) is 5.69 Å². The second-order valence-electron chi connectivity index (χ2n) is 13.9. The molecule has 1 N–H and O–H groups in total. The van der Waals surface area contributed by atoms with Crippen molar-refractivity contribution in [1.29, 1.82) is 0 Å². The van der Waals surface area contributed by atoms with Gasteiger partial charge in [-0.1, -0.05) is 133 Å². The van der Waals surface area contributed by atoms with Crippen LogP contribution in [-0.4, -0.2) is 16.2 Å². The van der Waals surface area contributed by atoms with Crippen LogP contribution < -0.4 is 5.32 Å². The summed E-state index contributed by atoms with van der Waals surface area (Å²) in [5.74, 6) is 1.63. The quantitative estimate of drug-likeness (QED) is 0.198. The molecule has 0 aliphatic carbocycles. The summed E-state index contributed by atoms with van der Waals surface area (Å²) in [6.45, 7) is 0. The Kier molecular flexibility index (Phi) is 6.58. The van der Waals surface area contributed by atoms with Crippen molar-refractivity contribution in [2.24, 2.45) is 9.98 Å². The van der Waals surface area contributed by atoms with Crippen LogP contribution in [0.5, 0.6) is 0 Å². The largest absolute Gasteiger partial charge is 0.324 e. The van der Waals surface area contributed by atoms with Crippen LogP contribution in [-0.2, 0) is 0 Å². The van der Waals surface area contributed by atoms with Gasteiger partial charge in [0.05, 0.1) is 11.0 Å². The average molecular weight is 677 g/mol. The van der Waals surface area contributed by atoms with E-state index in [1.165, 1.54) is 59.5 Å². The van der Waals surface area contributed by atoms with Crippen molar-refractivity contribution in [3.63, 3.8) is 0 Å². The van der Waals surface area contributed by atoms with E-state index in [4.69, 9.17) is 9.98 Å². The molecule has 0 fully saturated rings. The summed E-state index contributed by atoms with van der Waals surface area (Å²) in [4.78, 5) is 10.5. The lowest BCUT2D eigenvalue weighted by Gasteiger charge is -2.23. The second-order valence-corrected chi connectivity index (χ2v) is 13.9. The van der Waals surface area contributed by atoms with Gasteiger partial charge in [0, 0.05) is 27.6 Å². The fraction of sp³-hybridized carbons (Fsp3) is 0.0204. The van der Waals surface area contributed by atoms with E-state index in [0.29, 0.717) is 0 Å². The van der Waals surface area contributed by atoms with Crippen LogP contribution >= 0.6 is 0 Å². The van der Waals surface area contributed by atoms with Crippen molar-refractivity contribution in [1.82, 2.24) is 9.88 Å². The summed E-state index contributed by atoms with van der Waals surface area (Å²) in [5, 5.41) is 15.7. The first-order chi connectivity index (χ1) is 26.2. The molecule has 0 radical (unpaired) electrons. The van der Waals surface area contributed by atoms with Crippen molar-refractivity contribution >= 4 is 76.6 Å². The molecule has 248 valence electrons. The minimum Gasteiger partial charge on any atom is -0.324 e. The number of para-hydroxylation sites is 1. The molecule has 4 heteroatoms.